The zero-order chi connectivity index (χ0) is 18.4. The lowest BCUT2D eigenvalue weighted by Crippen LogP contribution is -2.35. The lowest BCUT2D eigenvalue weighted by Gasteiger charge is -2.36. The van der Waals surface area contributed by atoms with Crippen LogP contribution in [0.15, 0.2) is 49.1 Å². The fraction of sp³-hybridized carbons (Fsp3) is 0.409. The van der Waals surface area contributed by atoms with Gasteiger partial charge in [0.1, 0.15) is 5.75 Å². The lowest BCUT2D eigenvalue weighted by atomic mass is 9.84. The Morgan fingerprint density at radius 2 is 1.74 bits per heavy atom. The molecule has 5 nitrogen and oxygen atoms in total. The van der Waals surface area contributed by atoms with E-state index in [2.05, 4.69) is 22.1 Å². The molecule has 2 aliphatic rings. The molecule has 5 rings (SSSR count). The SMILES string of the molecule is Oc1ccc(N2CCC(C(O)c3c(C4CC4)ccn4cncc34)CC2)cc1. The van der Waals surface area contributed by atoms with E-state index in [0.29, 0.717) is 11.7 Å². The van der Waals surface area contributed by atoms with Gasteiger partial charge in [-0.1, -0.05) is 0 Å². The molecule has 3 aromatic rings. The van der Waals surface area contributed by atoms with E-state index in [4.69, 9.17) is 0 Å². The summed E-state index contributed by atoms with van der Waals surface area (Å²) in [6.07, 6.45) is 9.70. The predicted octanol–water partition coefficient (Wildman–Crippen LogP) is 3.87. The van der Waals surface area contributed by atoms with Gasteiger partial charge in [0.15, 0.2) is 0 Å². The van der Waals surface area contributed by atoms with Gasteiger partial charge in [-0.2, -0.15) is 0 Å². The van der Waals surface area contributed by atoms with Crippen LogP contribution in [0.5, 0.6) is 5.75 Å². The molecule has 1 aromatic carbocycles. The minimum absolute atomic E-state index is 0.261. The first-order valence-corrected chi connectivity index (χ1v) is 9.87. The van der Waals surface area contributed by atoms with Crippen LogP contribution in [-0.4, -0.2) is 32.7 Å². The maximum atomic E-state index is 11.3. The highest BCUT2D eigenvalue weighted by molar-refractivity contribution is 5.59. The quantitative estimate of drug-likeness (QED) is 0.739. The molecule has 1 atom stereocenters. The Balaban J connectivity index is 1.37. The summed E-state index contributed by atoms with van der Waals surface area (Å²) in [5.41, 5.74) is 4.60. The molecule has 2 aromatic heterocycles. The summed E-state index contributed by atoms with van der Waals surface area (Å²) in [4.78, 5) is 6.63. The van der Waals surface area contributed by atoms with Crippen molar-refractivity contribution in [2.45, 2.75) is 37.7 Å². The summed E-state index contributed by atoms with van der Waals surface area (Å²) in [7, 11) is 0. The van der Waals surface area contributed by atoms with Crippen LogP contribution in [0.4, 0.5) is 5.69 Å². The number of anilines is 1. The van der Waals surface area contributed by atoms with Crippen LogP contribution in [0.3, 0.4) is 0 Å². The van der Waals surface area contributed by atoms with Crippen LogP contribution in [-0.2, 0) is 0 Å². The third-order valence-electron chi connectivity index (χ3n) is 6.18. The number of pyridine rings is 1. The van der Waals surface area contributed by atoms with E-state index in [1.165, 1.54) is 18.4 Å². The second kappa shape index (κ2) is 6.57. The van der Waals surface area contributed by atoms with Crippen molar-refractivity contribution in [3.05, 3.63) is 60.2 Å². The van der Waals surface area contributed by atoms with E-state index in [1.807, 2.05) is 29.1 Å². The number of aliphatic hydroxyl groups excluding tert-OH is 1. The van der Waals surface area contributed by atoms with Gasteiger partial charge >= 0.3 is 0 Å². The van der Waals surface area contributed by atoms with Gasteiger partial charge in [-0.3, -0.25) is 0 Å². The molecule has 2 fully saturated rings. The summed E-state index contributed by atoms with van der Waals surface area (Å²) in [5, 5.41) is 20.8. The van der Waals surface area contributed by atoms with Crippen molar-refractivity contribution in [3.63, 3.8) is 0 Å². The van der Waals surface area contributed by atoms with E-state index < -0.39 is 6.10 Å². The monoisotopic (exact) mass is 363 g/mol. The summed E-state index contributed by atoms with van der Waals surface area (Å²) < 4.78 is 2.02. The highest BCUT2D eigenvalue weighted by Crippen LogP contribution is 2.46. The predicted molar refractivity (Wildman–Crippen MR) is 105 cm³/mol. The number of fused-ring (bicyclic) bond motifs is 1. The average Bonchev–Trinajstić information content (AvgIpc) is 3.44. The fourth-order valence-electron chi connectivity index (χ4n) is 4.48. The van der Waals surface area contributed by atoms with Gasteiger partial charge in [0.2, 0.25) is 0 Å². The Morgan fingerprint density at radius 1 is 1.00 bits per heavy atom. The maximum Gasteiger partial charge on any atom is 0.115 e. The number of nitrogens with zero attached hydrogens (tertiary/aromatic N) is 3. The molecule has 0 radical (unpaired) electrons. The zero-order valence-electron chi connectivity index (χ0n) is 15.3. The second-order valence-electron chi connectivity index (χ2n) is 7.93. The zero-order valence-corrected chi connectivity index (χ0v) is 15.3. The second-order valence-corrected chi connectivity index (χ2v) is 7.93. The van der Waals surface area contributed by atoms with E-state index in [9.17, 15) is 10.2 Å². The molecule has 140 valence electrons. The van der Waals surface area contributed by atoms with E-state index in [1.54, 1.807) is 12.1 Å². The number of aliphatic hydroxyl groups is 1. The number of hydrogen-bond donors (Lipinski definition) is 2. The summed E-state index contributed by atoms with van der Waals surface area (Å²) in [5.74, 6) is 1.16. The minimum atomic E-state index is -0.442. The summed E-state index contributed by atoms with van der Waals surface area (Å²) in [6, 6.07) is 9.57. The van der Waals surface area contributed by atoms with Gasteiger partial charge in [-0.05, 0) is 73.4 Å². The van der Waals surface area contributed by atoms with Crippen LogP contribution >= 0.6 is 0 Å². The van der Waals surface area contributed by atoms with Crippen LogP contribution in [0, 0.1) is 5.92 Å². The van der Waals surface area contributed by atoms with Gasteiger partial charge in [0.05, 0.1) is 24.1 Å². The van der Waals surface area contributed by atoms with Crippen LogP contribution in [0.1, 0.15) is 48.8 Å². The molecule has 1 aliphatic carbocycles. The molecular formula is C22H25N3O2. The first-order chi connectivity index (χ1) is 13.2. The highest BCUT2D eigenvalue weighted by Gasteiger charge is 2.33. The lowest BCUT2D eigenvalue weighted by molar-refractivity contribution is 0.0931. The molecule has 3 heterocycles. The van der Waals surface area contributed by atoms with Crippen molar-refractivity contribution in [2.75, 3.05) is 18.0 Å². The Morgan fingerprint density at radius 3 is 2.44 bits per heavy atom. The van der Waals surface area contributed by atoms with Gasteiger partial charge in [-0.15, -0.1) is 0 Å². The van der Waals surface area contributed by atoms with Gasteiger partial charge in [0, 0.05) is 30.5 Å². The molecule has 1 unspecified atom stereocenters. The topological polar surface area (TPSA) is 61.0 Å². The largest absolute Gasteiger partial charge is 0.508 e. The Bertz CT molecular complexity index is 938. The van der Waals surface area contributed by atoms with Crippen LogP contribution < -0.4 is 4.90 Å². The first kappa shape index (κ1) is 16.6. The van der Waals surface area contributed by atoms with E-state index >= 15 is 0 Å². The summed E-state index contributed by atoms with van der Waals surface area (Å²) >= 11 is 0. The van der Waals surface area contributed by atoms with E-state index in [0.717, 1.165) is 42.7 Å². The van der Waals surface area contributed by atoms with Gasteiger partial charge < -0.3 is 19.5 Å². The number of hydrogen-bond acceptors (Lipinski definition) is 4. The smallest absolute Gasteiger partial charge is 0.115 e. The molecule has 0 bridgehead atoms. The average molecular weight is 363 g/mol. The molecule has 5 heteroatoms. The van der Waals surface area contributed by atoms with Gasteiger partial charge in [0.25, 0.3) is 0 Å². The molecule has 0 spiro atoms. The fourth-order valence-corrected chi connectivity index (χ4v) is 4.48. The molecule has 1 saturated heterocycles. The Kier molecular flexibility index (Phi) is 4.05. The van der Waals surface area contributed by atoms with Crippen molar-refractivity contribution in [1.82, 2.24) is 9.38 Å². The number of aromatic hydroxyl groups is 1. The molecule has 27 heavy (non-hydrogen) atoms. The number of phenols is 1. The molecule has 1 aliphatic heterocycles. The highest BCUT2D eigenvalue weighted by atomic mass is 16.3. The minimum Gasteiger partial charge on any atom is -0.508 e. The third kappa shape index (κ3) is 3.06. The number of rotatable bonds is 4. The number of phenolic OH excluding ortho intramolecular Hbond substituents is 1. The Hall–Kier alpha value is -2.53. The van der Waals surface area contributed by atoms with Crippen molar-refractivity contribution in [1.29, 1.82) is 0 Å². The molecule has 2 N–H and O–H groups in total. The third-order valence-corrected chi connectivity index (χ3v) is 6.18. The van der Waals surface area contributed by atoms with Crippen LogP contribution in [0.25, 0.3) is 5.52 Å². The number of aromatic nitrogens is 2. The maximum absolute atomic E-state index is 11.3. The van der Waals surface area contributed by atoms with Crippen LogP contribution in [0.2, 0.25) is 0 Å². The summed E-state index contributed by atoms with van der Waals surface area (Å²) in [6.45, 7) is 1.85. The first-order valence-electron chi connectivity index (χ1n) is 9.87. The van der Waals surface area contributed by atoms with Gasteiger partial charge in [-0.25, -0.2) is 4.98 Å². The van der Waals surface area contributed by atoms with Crippen molar-refractivity contribution in [3.8, 4) is 5.75 Å². The number of piperidine rings is 1. The van der Waals surface area contributed by atoms with E-state index in [-0.39, 0.29) is 5.92 Å². The Labute approximate surface area is 158 Å². The van der Waals surface area contributed by atoms with Crippen molar-refractivity contribution in [2.24, 2.45) is 5.92 Å². The standard InChI is InChI=1S/C22H25N3O2/c26-18-5-3-17(4-6-18)24-10-7-16(8-11-24)22(27)21-19(15-1-2-15)9-12-25-14-23-13-20(21)25/h3-6,9,12-16,22,26-27H,1-2,7-8,10-11H2. The van der Waals surface area contributed by atoms with Crippen molar-refractivity contribution < 1.29 is 10.2 Å². The number of imidazole rings is 1. The normalized spacial score (nSPS) is 19.5. The van der Waals surface area contributed by atoms with Crippen molar-refractivity contribution >= 4 is 11.2 Å². The number of benzene rings is 1. The molecule has 1 saturated carbocycles. The molecule has 0 amide bonds. The molecular weight excluding hydrogens is 338 g/mol.